The van der Waals surface area contributed by atoms with E-state index in [0.29, 0.717) is 5.69 Å². The van der Waals surface area contributed by atoms with Crippen molar-refractivity contribution >= 4 is 0 Å². The van der Waals surface area contributed by atoms with Crippen LogP contribution in [0.1, 0.15) is 5.56 Å². The minimum absolute atomic E-state index is 0.287. The van der Waals surface area contributed by atoms with Crippen molar-refractivity contribution in [1.82, 2.24) is 14.8 Å². The molecule has 0 atom stereocenters. The molecule has 0 spiro atoms. The maximum atomic E-state index is 13.3. The van der Waals surface area contributed by atoms with Crippen molar-refractivity contribution in [2.24, 2.45) is 0 Å². The predicted octanol–water partition coefficient (Wildman–Crippen LogP) is 1.71. The molecule has 0 radical (unpaired) electrons. The van der Waals surface area contributed by atoms with Crippen LogP contribution in [-0.2, 0) is 0 Å². The molecule has 0 bridgehead atoms. The van der Waals surface area contributed by atoms with Gasteiger partial charge in [-0.25, -0.2) is 14.1 Å². The van der Waals surface area contributed by atoms with Gasteiger partial charge >= 0.3 is 0 Å². The molecule has 0 saturated carbocycles. The Labute approximate surface area is 74.8 Å². The molecule has 4 heteroatoms. The molecule has 2 rings (SSSR count). The summed E-state index contributed by atoms with van der Waals surface area (Å²) >= 11 is 0. The highest BCUT2D eigenvalue weighted by atomic mass is 19.1. The van der Waals surface area contributed by atoms with Crippen LogP contribution in [-0.4, -0.2) is 14.8 Å². The maximum Gasteiger partial charge on any atom is 0.149 e. The average molecular weight is 177 g/mol. The minimum atomic E-state index is -0.287. The highest BCUT2D eigenvalue weighted by Crippen LogP contribution is 2.15. The molecule has 66 valence electrons. The first-order chi connectivity index (χ1) is 6.29. The topological polar surface area (TPSA) is 30.7 Å². The Morgan fingerprint density at radius 1 is 1.38 bits per heavy atom. The largest absolute Gasteiger partial charge is 0.223 e. The number of nitrogens with zero attached hydrogens (tertiary/aromatic N) is 3. The summed E-state index contributed by atoms with van der Waals surface area (Å²) in [6.07, 6.45) is 2.86. The van der Waals surface area contributed by atoms with E-state index in [1.165, 1.54) is 23.4 Å². The highest BCUT2D eigenvalue weighted by molar-refractivity contribution is 5.40. The summed E-state index contributed by atoms with van der Waals surface area (Å²) in [5.74, 6) is -0.287. The minimum Gasteiger partial charge on any atom is -0.223 e. The fourth-order valence-electron chi connectivity index (χ4n) is 1.24. The SMILES string of the molecule is Cc1cccc(F)c1-n1cncn1. The summed E-state index contributed by atoms with van der Waals surface area (Å²) in [5.41, 5.74) is 1.30. The first-order valence-corrected chi connectivity index (χ1v) is 3.89. The van der Waals surface area contributed by atoms with Crippen molar-refractivity contribution in [2.45, 2.75) is 6.92 Å². The summed E-state index contributed by atoms with van der Waals surface area (Å²) < 4.78 is 14.7. The molecular formula is C9H8FN3. The van der Waals surface area contributed by atoms with Crippen LogP contribution in [0.4, 0.5) is 4.39 Å². The molecule has 0 saturated heterocycles. The van der Waals surface area contributed by atoms with Crippen LogP contribution in [0.15, 0.2) is 30.9 Å². The third-order valence-corrected chi connectivity index (χ3v) is 1.84. The van der Waals surface area contributed by atoms with Crippen LogP contribution in [0.5, 0.6) is 0 Å². The van der Waals surface area contributed by atoms with Crippen molar-refractivity contribution in [3.63, 3.8) is 0 Å². The monoisotopic (exact) mass is 177 g/mol. The first kappa shape index (κ1) is 7.91. The van der Waals surface area contributed by atoms with Crippen molar-refractivity contribution in [3.8, 4) is 5.69 Å². The quantitative estimate of drug-likeness (QED) is 0.664. The Hall–Kier alpha value is -1.71. The molecule has 0 N–H and O–H groups in total. The van der Waals surface area contributed by atoms with Crippen LogP contribution >= 0.6 is 0 Å². The lowest BCUT2D eigenvalue weighted by molar-refractivity contribution is 0.608. The van der Waals surface area contributed by atoms with Crippen molar-refractivity contribution in [3.05, 3.63) is 42.2 Å². The van der Waals surface area contributed by atoms with E-state index < -0.39 is 0 Å². The van der Waals surface area contributed by atoms with Gasteiger partial charge in [0.05, 0.1) is 0 Å². The van der Waals surface area contributed by atoms with Crippen LogP contribution in [0.3, 0.4) is 0 Å². The fraction of sp³-hybridized carbons (Fsp3) is 0.111. The van der Waals surface area contributed by atoms with Crippen molar-refractivity contribution in [2.75, 3.05) is 0 Å². The standard InChI is InChI=1S/C9H8FN3/c1-7-3-2-4-8(10)9(7)13-6-11-5-12-13/h2-6H,1H3. The lowest BCUT2D eigenvalue weighted by atomic mass is 10.2. The van der Waals surface area contributed by atoms with E-state index in [0.717, 1.165) is 5.56 Å². The highest BCUT2D eigenvalue weighted by Gasteiger charge is 2.06. The smallest absolute Gasteiger partial charge is 0.149 e. The zero-order valence-corrected chi connectivity index (χ0v) is 7.11. The summed E-state index contributed by atoms with van der Waals surface area (Å²) in [6, 6.07) is 4.91. The summed E-state index contributed by atoms with van der Waals surface area (Å²) in [4.78, 5) is 3.77. The number of para-hydroxylation sites is 1. The van der Waals surface area contributed by atoms with Gasteiger partial charge in [0, 0.05) is 0 Å². The molecule has 0 amide bonds. The number of halogens is 1. The van der Waals surface area contributed by atoms with E-state index in [9.17, 15) is 4.39 Å². The Kier molecular flexibility index (Phi) is 1.81. The second-order valence-corrected chi connectivity index (χ2v) is 2.75. The summed E-state index contributed by atoms with van der Waals surface area (Å²) in [5, 5.41) is 3.87. The van der Waals surface area contributed by atoms with E-state index in [-0.39, 0.29) is 5.82 Å². The van der Waals surface area contributed by atoms with Gasteiger partial charge in [-0.05, 0) is 18.6 Å². The molecule has 1 heterocycles. The van der Waals surface area contributed by atoms with Gasteiger partial charge in [0.15, 0.2) is 0 Å². The Bertz CT molecular complexity index is 389. The molecule has 1 aromatic carbocycles. The predicted molar refractivity (Wildman–Crippen MR) is 46.1 cm³/mol. The van der Waals surface area contributed by atoms with Gasteiger partial charge < -0.3 is 0 Å². The Balaban J connectivity index is 2.64. The summed E-state index contributed by atoms with van der Waals surface area (Å²) in [7, 11) is 0. The van der Waals surface area contributed by atoms with E-state index >= 15 is 0 Å². The van der Waals surface area contributed by atoms with Crippen molar-refractivity contribution < 1.29 is 4.39 Å². The number of aryl methyl sites for hydroxylation is 1. The van der Waals surface area contributed by atoms with Gasteiger partial charge in [-0.2, -0.15) is 5.10 Å². The van der Waals surface area contributed by atoms with Gasteiger partial charge in [-0.3, -0.25) is 0 Å². The number of aromatic nitrogens is 3. The van der Waals surface area contributed by atoms with Gasteiger partial charge in [-0.1, -0.05) is 12.1 Å². The zero-order valence-electron chi connectivity index (χ0n) is 7.11. The Morgan fingerprint density at radius 2 is 2.23 bits per heavy atom. The second kappa shape index (κ2) is 2.97. The lowest BCUT2D eigenvalue weighted by Gasteiger charge is -2.05. The molecule has 3 nitrogen and oxygen atoms in total. The number of hydrogen-bond acceptors (Lipinski definition) is 2. The van der Waals surface area contributed by atoms with Gasteiger partial charge in [0.2, 0.25) is 0 Å². The number of benzene rings is 1. The number of rotatable bonds is 1. The van der Waals surface area contributed by atoms with E-state index in [1.807, 2.05) is 13.0 Å². The third kappa shape index (κ3) is 1.30. The fourth-order valence-corrected chi connectivity index (χ4v) is 1.24. The van der Waals surface area contributed by atoms with Crippen LogP contribution in [0.25, 0.3) is 5.69 Å². The normalized spacial score (nSPS) is 10.3. The molecule has 0 unspecified atom stereocenters. The van der Waals surface area contributed by atoms with Crippen LogP contribution < -0.4 is 0 Å². The molecule has 0 aliphatic carbocycles. The van der Waals surface area contributed by atoms with E-state index in [1.54, 1.807) is 6.07 Å². The molecule has 0 aliphatic rings. The molecule has 2 aromatic rings. The van der Waals surface area contributed by atoms with Crippen LogP contribution in [0.2, 0.25) is 0 Å². The maximum absolute atomic E-state index is 13.3. The molecule has 13 heavy (non-hydrogen) atoms. The zero-order chi connectivity index (χ0) is 9.26. The average Bonchev–Trinajstić information content (AvgIpc) is 2.57. The van der Waals surface area contributed by atoms with E-state index in [2.05, 4.69) is 10.1 Å². The molecule has 0 aliphatic heterocycles. The molecule has 0 fully saturated rings. The summed E-state index contributed by atoms with van der Waals surface area (Å²) in [6.45, 7) is 1.83. The Morgan fingerprint density at radius 3 is 2.85 bits per heavy atom. The van der Waals surface area contributed by atoms with Crippen LogP contribution in [0, 0.1) is 12.7 Å². The first-order valence-electron chi connectivity index (χ1n) is 3.89. The molecular weight excluding hydrogens is 169 g/mol. The van der Waals surface area contributed by atoms with Gasteiger partial charge in [0.25, 0.3) is 0 Å². The van der Waals surface area contributed by atoms with E-state index in [4.69, 9.17) is 0 Å². The van der Waals surface area contributed by atoms with Gasteiger partial charge in [0.1, 0.15) is 24.2 Å². The lowest BCUT2D eigenvalue weighted by Crippen LogP contribution is -2.00. The van der Waals surface area contributed by atoms with Gasteiger partial charge in [-0.15, -0.1) is 0 Å². The van der Waals surface area contributed by atoms with Crippen molar-refractivity contribution in [1.29, 1.82) is 0 Å². The molecule has 1 aromatic heterocycles. The second-order valence-electron chi connectivity index (χ2n) is 2.75. The third-order valence-electron chi connectivity index (χ3n) is 1.84. The number of hydrogen-bond donors (Lipinski definition) is 0.